The zero-order chi connectivity index (χ0) is 11.1. The average molecular weight is 227 g/mol. The summed E-state index contributed by atoms with van der Waals surface area (Å²) in [5.74, 6) is -0.705. The van der Waals surface area contributed by atoms with Crippen LogP contribution >= 0.6 is 11.3 Å². The molecule has 1 aromatic heterocycles. The first-order chi connectivity index (χ1) is 7.18. The second-order valence-electron chi connectivity index (χ2n) is 3.54. The van der Waals surface area contributed by atoms with Gasteiger partial charge in [-0.05, 0) is 38.4 Å². The van der Waals surface area contributed by atoms with E-state index in [9.17, 15) is 4.79 Å². The Kier molecular flexibility index (Phi) is 5.36. The van der Waals surface area contributed by atoms with Crippen LogP contribution in [0.1, 0.15) is 29.0 Å². The van der Waals surface area contributed by atoms with E-state index >= 15 is 0 Å². The predicted molar refractivity (Wildman–Crippen MR) is 62.2 cm³/mol. The summed E-state index contributed by atoms with van der Waals surface area (Å²) in [6, 6.07) is 4.25. The maximum Gasteiger partial charge on any atom is 0.303 e. The highest BCUT2D eigenvalue weighted by molar-refractivity contribution is 7.11. The van der Waals surface area contributed by atoms with Crippen LogP contribution in [0.3, 0.4) is 0 Å². The summed E-state index contributed by atoms with van der Waals surface area (Å²) in [5.41, 5.74) is 0. The largest absolute Gasteiger partial charge is 0.481 e. The summed E-state index contributed by atoms with van der Waals surface area (Å²) >= 11 is 1.80. The molecule has 2 N–H and O–H groups in total. The second kappa shape index (κ2) is 6.58. The fourth-order valence-corrected chi connectivity index (χ4v) is 2.18. The third-order valence-electron chi connectivity index (χ3n) is 2.09. The summed E-state index contributed by atoms with van der Waals surface area (Å²) < 4.78 is 0. The van der Waals surface area contributed by atoms with Crippen LogP contribution in [0.25, 0.3) is 0 Å². The molecule has 0 radical (unpaired) electrons. The van der Waals surface area contributed by atoms with Gasteiger partial charge in [0.2, 0.25) is 0 Å². The molecule has 0 saturated heterocycles. The molecule has 1 rings (SSSR count). The Hall–Kier alpha value is -0.870. The van der Waals surface area contributed by atoms with Gasteiger partial charge >= 0.3 is 5.97 Å². The maximum absolute atomic E-state index is 10.2. The molecule has 0 saturated carbocycles. The second-order valence-corrected chi connectivity index (χ2v) is 4.91. The quantitative estimate of drug-likeness (QED) is 0.703. The number of hydrogen-bond acceptors (Lipinski definition) is 3. The Morgan fingerprint density at radius 3 is 2.87 bits per heavy atom. The topological polar surface area (TPSA) is 49.3 Å². The van der Waals surface area contributed by atoms with Crippen LogP contribution in [0, 0.1) is 6.92 Å². The van der Waals surface area contributed by atoms with Crippen molar-refractivity contribution >= 4 is 17.3 Å². The van der Waals surface area contributed by atoms with Gasteiger partial charge in [0.25, 0.3) is 0 Å². The number of hydrogen-bond donors (Lipinski definition) is 2. The minimum absolute atomic E-state index is 0.278. The lowest BCUT2D eigenvalue weighted by Crippen LogP contribution is -2.14. The van der Waals surface area contributed by atoms with Crippen molar-refractivity contribution < 1.29 is 9.90 Å². The number of carbonyl (C=O) groups is 1. The highest BCUT2D eigenvalue weighted by Gasteiger charge is 1.97. The van der Waals surface area contributed by atoms with Crippen molar-refractivity contribution in [2.24, 2.45) is 0 Å². The van der Waals surface area contributed by atoms with Gasteiger partial charge in [-0.15, -0.1) is 11.3 Å². The van der Waals surface area contributed by atoms with Gasteiger partial charge < -0.3 is 10.4 Å². The molecule has 0 aliphatic carbocycles. The minimum atomic E-state index is -0.705. The molecule has 15 heavy (non-hydrogen) atoms. The number of carboxylic acids is 1. The molecule has 0 spiro atoms. The first-order valence-corrected chi connectivity index (χ1v) is 5.98. The maximum atomic E-state index is 10.2. The molecule has 84 valence electrons. The molecule has 0 aliphatic heterocycles. The van der Waals surface area contributed by atoms with Crippen molar-refractivity contribution in [3.05, 3.63) is 21.9 Å². The van der Waals surface area contributed by atoms with Crippen molar-refractivity contribution in [2.45, 2.75) is 32.7 Å². The Balaban J connectivity index is 2.00. The van der Waals surface area contributed by atoms with Crippen molar-refractivity contribution in [3.8, 4) is 0 Å². The number of rotatable bonds is 7. The van der Waals surface area contributed by atoms with Crippen LogP contribution in [0.2, 0.25) is 0 Å². The molecule has 0 amide bonds. The van der Waals surface area contributed by atoms with Crippen molar-refractivity contribution in [3.63, 3.8) is 0 Å². The summed E-state index contributed by atoms with van der Waals surface area (Å²) in [5, 5.41) is 11.7. The Bertz CT molecular complexity index is 309. The molecule has 0 bridgehead atoms. The molecule has 1 heterocycles. The van der Waals surface area contributed by atoms with Gasteiger partial charge in [0.05, 0.1) is 0 Å². The SMILES string of the molecule is Cc1ccc(CNCCCCC(=O)O)s1. The number of carboxylic acid groups (broad SMARTS) is 1. The molecule has 0 unspecified atom stereocenters. The highest BCUT2D eigenvalue weighted by atomic mass is 32.1. The standard InChI is InChI=1S/C11H17NO2S/c1-9-5-6-10(15-9)8-12-7-3-2-4-11(13)14/h5-6,12H,2-4,7-8H2,1H3,(H,13,14). The van der Waals surface area contributed by atoms with E-state index in [1.807, 2.05) is 0 Å². The summed E-state index contributed by atoms with van der Waals surface area (Å²) in [4.78, 5) is 12.9. The van der Waals surface area contributed by atoms with Gasteiger partial charge in [0.15, 0.2) is 0 Å². The molecule has 0 atom stereocenters. The Labute approximate surface area is 94.1 Å². The van der Waals surface area contributed by atoms with Gasteiger partial charge in [0, 0.05) is 22.7 Å². The van der Waals surface area contributed by atoms with E-state index in [1.54, 1.807) is 11.3 Å². The molecule has 0 fully saturated rings. The van der Waals surface area contributed by atoms with E-state index in [4.69, 9.17) is 5.11 Å². The molecular formula is C11H17NO2S. The van der Waals surface area contributed by atoms with E-state index in [-0.39, 0.29) is 6.42 Å². The Morgan fingerprint density at radius 2 is 2.27 bits per heavy atom. The van der Waals surface area contributed by atoms with Crippen LogP contribution in [0.15, 0.2) is 12.1 Å². The van der Waals surface area contributed by atoms with Crippen molar-refractivity contribution in [1.82, 2.24) is 5.32 Å². The lowest BCUT2D eigenvalue weighted by Gasteiger charge is -2.01. The fourth-order valence-electron chi connectivity index (χ4n) is 1.32. The van der Waals surface area contributed by atoms with Gasteiger partial charge in [-0.2, -0.15) is 0 Å². The van der Waals surface area contributed by atoms with Crippen LogP contribution < -0.4 is 5.32 Å². The summed E-state index contributed by atoms with van der Waals surface area (Å²) in [6.07, 6.45) is 1.96. The zero-order valence-corrected chi connectivity index (χ0v) is 9.77. The normalized spacial score (nSPS) is 10.5. The third-order valence-corrected chi connectivity index (χ3v) is 3.09. The zero-order valence-electron chi connectivity index (χ0n) is 8.95. The lowest BCUT2D eigenvalue weighted by atomic mass is 10.2. The lowest BCUT2D eigenvalue weighted by molar-refractivity contribution is -0.137. The van der Waals surface area contributed by atoms with Gasteiger partial charge in [0.1, 0.15) is 0 Å². The molecular weight excluding hydrogens is 210 g/mol. The number of aryl methyl sites for hydroxylation is 1. The minimum Gasteiger partial charge on any atom is -0.481 e. The smallest absolute Gasteiger partial charge is 0.303 e. The third kappa shape index (κ3) is 5.54. The number of thiophene rings is 1. The van der Waals surface area contributed by atoms with Crippen LogP contribution in [0.4, 0.5) is 0 Å². The highest BCUT2D eigenvalue weighted by Crippen LogP contribution is 2.14. The van der Waals surface area contributed by atoms with E-state index < -0.39 is 5.97 Å². The molecule has 0 aliphatic rings. The van der Waals surface area contributed by atoms with Gasteiger partial charge in [-0.3, -0.25) is 4.79 Å². The van der Waals surface area contributed by atoms with Gasteiger partial charge in [-0.25, -0.2) is 0 Å². The predicted octanol–water partition coefficient (Wildman–Crippen LogP) is 2.40. The van der Waals surface area contributed by atoms with Crippen LogP contribution in [-0.2, 0) is 11.3 Å². The van der Waals surface area contributed by atoms with Gasteiger partial charge in [-0.1, -0.05) is 0 Å². The van der Waals surface area contributed by atoms with E-state index in [2.05, 4.69) is 24.4 Å². The number of aliphatic carboxylic acids is 1. The van der Waals surface area contributed by atoms with Crippen molar-refractivity contribution in [1.29, 1.82) is 0 Å². The molecule has 3 nitrogen and oxygen atoms in total. The molecule has 4 heteroatoms. The van der Waals surface area contributed by atoms with Crippen LogP contribution in [-0.4, -0.2) is 17.6 Å². The molecule has 0 aromatic carbocycles. The first-order valence-electron chi connectivity index (χ1n) is 5.16. The van der Waals surface area contributed by atoms with E-state index in [0.717, 1.165) is 25.9 Å². The summed E-state index contributed by atoms with van der Waals surface area (Å²) in [6.45, 7) is 3.89. The number of nitrogens with one attached hydrogen (secondary N) is 1. The first kappa shape index (κ1) is 12.2. The van der Waals surface area contributed by atoms with Crippen molar-refractivity contribution in [2.75, 3.05) is 6.54 Å². The molecule has 1 aromatic rings. The Morgan fingerprint density at radius 1 is 1.47 bits per heavy atom. The average Bonchev–Trinajstić information content (AvgIpc) is 2.57. The monoisotopic (exact) mass is 227 g/mol. The number of unbranched alkanes of at least 4 members (excludes halogenated alkanes) is 1. The van der Waals surface area contributed by atoms with E-state index in [0.29, 0.717) is 0 Å². The summed E-state index contributed by atoms with van der Waals surface area (Å²) in [7, 11) is 0. The fraction of sp³-hybridized carbons (Fsp3) is 0.545. The van der Waals surface area contributed by atoms with Crippen LogP contribution in [0.5, 0.6) is 0 Å². The van der Waals surface area contributed by atoms with E-state index in [1.165, 1.54) is 9.75 Å².